The SMILES string of the molecule is CC1CN(C(=O)c2cc(Cl)ccc2O)CCCO1. The minimum atomic E-state index is -0.202. The summed E-state index contributed by atoms with van der Waals surface area (Å²) in [7, 11) is 0. The van der Waals surface area contributed by atoms with Gasteiger partial charge in [-0.3, -0.25) is 4.79 Å². The maximum Gasteiger partial charge on any atom is 0.257 e. The van der Waals surface area contributed by atoms with E-state index in [2.05, 4.69) is 0 Å². The number of hydrogen-bond donors (Lipinski definition) is 1. The predicted molar refractivity (Wildman–Crippen MR) is 69.1 cm³/mol. The fraction of sp³-hybridized carbons (Fsp3) is 0.462. The summed E-state index contributed by atoms with van der Waals surface area (Å²) in [5, 5.41) is 10.2. The van der Waals surface area contributed by atoms with Gasteiger partial charge in [-0.1, -0.05) is 11.6 Å². The Morgan fingerprint density at radius 1 is 1.56 bits per heavy atom. The minimum Gasteiger partial charge on any atom is -0.507 e. The topological polar surface area (TPSA) is 49.8 Å². The highest BCUT2D eigenvalue weighted by Crippen LogP contribution is 2.23. The normalized spacial score (nSPS) is 20.6. The van der Waals surface area contributed by atoms with Crippen molar-refractivity contribution in [1.29, 1.82) is 0 Å². The second-order valence-corrected chi connectivity index (χ2v) is 4.88. The van der Waals surface area contributed by atoms with Crippen LogP contribution in [0.25, 0.3) is 0 Å². The van der Waals surface area contributed by atoms with Gasteiger partial charge in [0.15, 0.2) is 0 Å². The number of phenolic OH excluding ortho intramolecular Hbond substituents is 1. The van der Waals surface area contributed by atoms with E-state index >= 15 is 0 Å². The Morgan fingerprint density at radius 3 is 3.11 bits per heavy atom. The van der Waals surface area contributed by atoms with E-state index < -0.39 is 0 Å². The van der Waals surface area contributed by atoms with Gasteiger partial charge in [0.1, 0.15) is 5.75 Å². The van der Waals surface area contributed by atoms with Crippen molar-refractivity contribution in [2.75, 3.05) is 19.7 Å². The van der Waals surface area contributed by atoms with Gasteiger partial charge in [0.2, 0.25) is 0 Å². The lowest BCUT2D eigenvalue weighted by molar-refractivity contribution is 0.0561. The molecular formula is C13H16ClNO3. The van der Waals surface area contributed by atoms with Crippen LogP contribution < -0.4 is 0 Å². The fourth-order valence-corrected chi connectivity index (χ4v) is 2.20. The predicted octanol–water partition coefficient (Wildman–Crippen LogP) is 2.30. The van der Waals surface area contributed by atoms with Gasteiger partial charge in [-0.05, 0) is 31.5 Å². The molecule has 5 heteroatoms. The first kappa shape index (κ1) is 13.2. The molecule has 1 heterocycles. The third-order valence-corrected chi connectivity index (χ3v) is 3.16. The maximum atomic E-state index is 12.3. The van der Waals surface area contributed by atoms with Crippen LogP contribution in [0.1, 0.15) is 23.7 Å². The van der Waals surface area contributed by atoms with E-state index in [0.29, 0.717) is 24.7 Å². The van der Waals surface area contributed by atoms with E-state index in [4.69, 9.17) is 16.3 Å². The molecule has 18 heavy (non-hydrogen) atoms. The number of ether oxygens (including phenoxy) is 1. The Hall–Kier alpha value is -1.26. The standard InChI is InChI=1S/C13H16ClNO3/c1-9-8-15(5-2-6-18-9)13(17)11-7-10(14)3-4-12(11)16/h3-4,7,9,16H,2,5-6,8H2,1H3. The summed E-state index contributed by atoms with van der Waals surface area (Å²) in [4.78, 5) is 14.0. The molecule has 4 nitrogen and oxygen atoms in total. The smallest absolute Gasteiger partial charge is 0.257 e. The van der Waals surface area contributed by atoms with Crippen molar-refractivity contribution in [3.63, 3.8) is 0 Å². The molecule has 1 atom stereocenters. The molecule has 1 N–H and O–H groups in total. The molecule has 1 unspecified atom stereocenters. The van der Waals surface area contributed by atoms with Gasteiger partial charge in [0.05, 0.1) is 11.7 Å². The summed E-state index contributed by atoms with van der Waals surface area (Å²) in [5.41, 5.74) is 0.247. The molecule has 0 radical (unpaired) electrons. The third-order valence-electron chi connectivity index (χ3n) is 2.93. The number of nitrogens with zero attached hydrogens (tertiary/aromatic N) is 1. The van der Waals surface area contributed by atoms with Crippen LogP contribution in [-0.2, 0) is 4.74 Å². The first-order valence-corrected chi connectivity index (χ1v) is 6.35. The van der Waals surface area contributed by atoms with Crippen LogP contribution in [-0.4, -0.2) is 41.7 Å². The first-order valence-electron chi connectivity index (χ1n) is 5.97. The number of phenols is 1. The zero-order chi connectivity index (χ0) is 13.1. The molecule has 1 aliphatic heterocycles. The van der Waals surface area contributed by atoms with Crippen LogP contribution in [0.15, 0.2) is 18.2 Å². The highest BCUT2D eigenvalue weighted by atomic mass is 35.5. The van der Waals surface area contributed by atoms with E-state index in [1.807, 2.05) is 6.92 Å². The minimum absolute atomic E-state index is 0.0118. The molecule has 0 aromatic heterocycles. The second kappa shape index (κ2) is 5.59. The van der Waals surface area contributed by atoms with Crippen molar-refractivity contribution in [3.05, 3.63) is 28.8 Å². The molecule has 98 valence electrons. The molecule has 1 aromatic carbocycles. The molecule has 1 aromatic rings. The number of halogens is 1. The van der Waals surface area contributed by atoms with Crippen LogP contribution in [0.2, 0.25) is 5.02 Å². The second-order valence-electron chi connectivity index (χ2n) is 4.45. The van der Waals surface area contributed by atoms with Gasteiger partial charge < -0.3 is 14.7 Å². The number of rotatable bonds is 1. The lowest BCUT2D eigenvalue weighted by atomic mass is 10.1. The average Bonchev–Trinajstić information content (AvgIpc) is 2.56. The number of hydrogen-bond acceptors (Lipinski definition) is 3. The molecule has 0 spiro atoms. The van der Waals surface area contributed by atoms with Crippen LogP contribution >= 0.6 is 11.6 Å². The van der Waals surface area contributed by atoms with E-state index in [-0.39, 0.29) is 23.3 Å². The Labute approximate surface area is 111 Å². The van der Waals surface area contributed by atoms with Crippen molar-refractivity contribution >= 4 is 17.5 Å². The van der Waals surface area contributed by atoms with Crippen LogP contribution in [0.3, 0.4) is 0 Å². The summed E-state index contributed by atoms with van der Waals surface area (Å²) in [5.74, 6) is -0.241. The van der Waals surface area contributed by atoms with Gasteiger partial charge >= 0.3 is 0 Å². The number of benzene rings is 1. The van der Waals surface area contributed by atoms with Gasteiger partial charge in [-0.25, -0.2) is 0 Å². The average molecular weight is 270 g/mol. The quantitative estimate of drug-likeness (QED) is 0.851. The molecule has 0 saturated carbocycles. The van der Waals surface area contributed by atoms with Crippen molar-refractivity contribution in [2.45, 2.75) is 19.4 Å². The van der Waals surface area contributed by atoms with E-state index in [9.17, 15) is 9.90 Å². The molecule has 0 aliphatic carbocycles. The maximum absolute atomic E-state index is 12.3. The van der Waals surface area contributed by atoms with Gasteiger partial charge in [0.25, 0.3) is 5.91 Å². The summed E-state index contributed by atoms with van der Waals surface area (Å²) >= 11 is 5.85. The lowest BCUT2D eigenvalue weighted by Gasteiger charge is -2.22. The van der Waals surface area contributed by atoms with E-state index in [1.54, 1.807) is 11.0 Å². The highest BCUT2D eigenvalue weighted by Gasteiger charge is 2.23. The monoisotopic (exact) mass is 269 g/mol. The highest BCUT2D eigenvalue weighted by molar-refractivity contribution is 6.31. The zero-order valence-corrected chi connectivity index (χ0v) is 11.0. The number of amides is 1. The van der Waals surface area contributed by atoms with Gasteiger partial charge in [-0.15, -0.1) is 0 Å². The van der Waals surface area contributed by atoms with Crippen LogP contribution in [0.5, 0.6) is 5.75 Å². The number of carbonyl (C=O) groups is 1. The van der Waals surface area contributed by atoms with Crippen molar-refractivity contribution in [2.24, 2.45) is 0 Å². The Balaban J connectivity index is 2.21. The molecular weight excluding hydrogens is 254 g/mol. The summed E-state index contributed by atoms with van der Waals surface area (Å²) in [6.07, 6.45) is 0.815. The zero-order valence-electron chi connectivity index (χ0n) is 10.2. The largest absolute Gasteiger partial charge is 0.507 e. The van der Waals surface area contributed by atoms with Crippen LogP contribution in [0, 0.1) is 0 Å². The Bertz CT molecular complexity index is 450. The molecule has 1 aliphatic rings. The molecule has 0 bridgehead atoms. The number of aromatic hydroxyl groups is 1. The van der Waals surface area contributed by atoms with E-state index in [0.717, 1.165) is 6.42 Å². The van der Waals surface area contributed by atoms with E-state index in [1.165, 1.54) is 12.1 Å². The molecule has 1 amide bonds. The lowest BCUT2D eigenvalue weighted by Crippen LogP contribution is -2.35. The molecule has 2 rings (SSSR count). The Morgan fingerprint density at radius 2 is 2.33 bits per heavy atom. The number of carbonyl (C=O) groups excluding carboxylic acids is 1. The Kier molecular flexibility index (Phi) is 4.09. The van der Waals surface area contributed by atoms with Gasteiger partial charge in [-0.2, -0.15) is 0 Å². The third kappa shape index (κ3) is 2.94. The molecule has 1 fully saturated rings. The van der Waals surface area contributed by atoms with Crippen molar-refractivity contribution in [3.8, 4) is 5.75 Å². The van der Waals surface area contributed by atoms with Crippen molar-refractivity contribution < 1.29 is 14.6 Å². The summed E-state index contributed by atoms with van der Waals surface area (Å²) in [6, 6.07) is 4.49. The summed E-state index contributed by atoms with van der Waals surface area (Å²) < 4.78 is 5.49. The van der Waals surface area contributed by atoms with Crippen LogP contribution in [0.4, 0.5) is 0 Å². The van der Waals surface area contributed by atoms with Crippen molar-refractivity contribution in [1.82, 2.24) is 4.90 Å². The van der Waals surface area contributed by atoms with Gasteiger partial charge in [0, 0.05) is 24.7 Å². The molecule has 1 saturated heterocycles. The fourth-order valence-electron chi connectivity index (χ4n) is 2.03. The first-order chi connectivity index (χ1) is 8.58. The summed E-state index contributed by atoms with van der Waals surface area (Å²) in [6.45, 7) is 3.76.